The van der Waals surface area contributed by atoms with E-state index in [1.807, 2.05) is 0 Å². The topological polar surface area (TPSA) is 148 Å². The Labute approximate surface area is 95.4 Å². The third kappa shape index (κ3) is 3.43. The third-order valence-corrected chi connectivity index (χ3v) is 3.42. The number of aliphatic hydroxyl groups excluding tert-OH is 4. The maximum atomic E-state index is 13.0. The minimum Gasteiger partial charge on any atom is -0.388 e. The zero-order valence-electron chi connectivity index (χ0n) is 8.50. The Morgan fingerprint density at radius 2 is 1.65 bits per heavy atom. The van der Waals surface area contributed by atoms with Crippen LogP contribution in [0.4, 0.5) is 4.39 Å². The van der Waals surface area contributed by atoms with Crippen LogP contribution in [0.2, 0.25) is 0 Å². The molecule has 1 fully saturated rings. The Morgan fingerprint density at radius 1 is 1.12 bits per heavy atom. The van der Waals surface area contributed by atoms with Gasteiger partial charge in [0.1, 0.15) is 18.3 Å². The normalized spacial score (nSPS) is 41.2. The molecule has 0 saturated carbocycles. The second-order valence-electron chi connectivity index (χ2n) is 3.80. The van der Waals surface area contributed by atoms with E-state index in [2.05, 4.69) is 4.74 Å². The average molecular weight is 276 g/mol. The molecule has 8 nitrogen and oxygen atoms in total. The summed E-state index contributed by atoms with van der Waals surface area (Å²) in [6.45, 7) is 0. The summed E-state index contributed by atoms with van der Waals surface area (Å²) in [7, 11) is -4.99. The lowest BCUT2D eigenvalue weighted by atomic mass is 9.97. The molecule has 6 N–H and O–H groups in total. The molecule has 1 heterocycles. The summed E-state index contributed by atoms with van der Waals surface area (Å²) in [5.41, 5.74) is 0. The standard InChI is InChI=1S/C7H14FO8P/c8-3(17(13,14)15)1-2-4(9)5(10)6(11)7(12)16-2/h2-7,9-12H,1H2,(H2,13,14,15)/t2-,3-,4-,5+,6-,7?/m1/s1. The Morgan fingerprint density at radius 3 is 2.12 bits per heavy atom. The number of halogens is 1. The first-order chi connectivity index (χ1) is 7.64. The number of alkyl halides is 1. The van der Waals surface area contributed by atoms with Gasteiger partial charge in [0.05, 0.1) is 6.10 Å². The number of aliphatic hydroxyl groups is 4. The fraction of sp³-hybridized carbons (Fsp3) is 1.00. The molecule has 1 saturated heterocycles. The summed E-state index contributed by atoms with van der Waals surface area (Å²) in [4.78, 5) is 17.0. The van der Waals surface area contributed by atoms with Gasteiger partial charge in [-0.3, -0.25) is 4.57 Å². The van der Waals surface area contributed by atoms with E-state index in [0.29, 0.717) is 0 Å². The van der Waals surface area contributed by atoms with Crippen molar-refractivity contribution < 1.29 is 43.9 Å². The maximum absolute atomic E-state index is 13.0. The molecule has 102 valence electrons. The minimum absolute atomic E-state index is 0.910. The van der Waals surface area contributed by atoms with E-state index in [4.69, 9.17) is 20.0 Å². The molecule has 0 aromatic rings. The summed E-state index contributed by atoms with van der Waals surface area (Å²) in [6.07, 6.45) is -9.60. The van der Waals surface area contributed by atoms with Gasteiger partial charge < -0.3 is 34.9 Å². The molecule has 10 heteroatoms. The number of hydrogen-bond donors (Lipinski definition) is 6. The lowest BCUT2D eigenvalue weighted by Gasteiger charge is -2.38. The van der Waals surface area contributed by atoms with Crippen LogP contribution in [0.3, 0.4) is 0 Å². The SMILES string of the molecule is O=P(O)(O)[C@@H](F)C[C@H]1OC(O)[C@H](O)[C@@H](O)[C@@H]1O. The van der Waals surface area contributed by atoms with Gasteiger partial charge in [-0.15, -0.1) is 0 Å². The van der Waals surface area contributed by atoms with Gasteiger partial charge in [0.2, 0.25) is 5.91 Å². The van der Waals surface area contributed by atoms with Gasteiger partial charge in [0.15, 0.2) is 6.29 Å². The van der Waals surface area contributed by atoms with Crippen molar-refractivity contribution in [3.63, 3.8) is 0 Å². The molecule has 0 bridgehead atoms. The van der Waals surface area contributed by atoms with Crippen LogP contribution in [0, 0.1) is 0 Å². The number of hydrogen-bond acceptors (Lipinski definition) is 6. The van der Waals surface area contributed by atoms with Crippen molar-refractivity contribution in [2.45, 2.75) is 43.0 Å². The summed E-state index contributed by atoms with van der Waals surface area (Å²) >= 11 is 0. The summed E-state index contributed by atoms with van der Waals surface area (Å²) < 4.78 is 28.1. The highest BCUT2D eigenvalue weighted by molar-refractivity contribution is 7.52. The highest BCUT2D eigenvalue weighted by Crippen LogP contribution is 2.45. The highest BCUT2D eigenvalue weighted by Gasteiger charge is 2.45. The van der Waals surface area contributed by atoms with E-state index < -0.39 is 50.6 Å². The van der Waals surface area contributed by atoms with E-state index in [9.17, 15) is 19.2 Å². The van der Waals surface area contributed by atoms with Crippen LogP contribution in [-0.4, -0.2) is 66.8 Å². The second-order valence-corrected chi connectivity index (χ2v) is 5.53. The van der Waals surface area contributed by atoms with Crippen molar-refractivity contribution >= 4 is 7.60 Å². The molecule has 0 aliphatic carbocycles. The molecule has 1 aliphatic rings. The molecule has 1 aliphatic heterocycles. The fourth-order valence-corrected chi connectivity index (χ4v) is 1.94. The molecule has 17 heavy (non-hydrogen) atoms. The lowest BCUT2D eigenvalue weighted by Crippen LogP contribution is -2.57. The largest absolute Gasteiger partial charge is 0.388 e. The van der Waals surface area contributed by atoms with Gasteiger partial charge in [0, 0.05) is 6.42 Å². The van der Waals surface area contributed by atoms with Gasteiger partial charge in [0.25, 0.3) is 0 Å². The fourth-order valence-electron chi connectivity index (χ4n) is 1.45. The average Bonchev–Trinajstić information content (AvgIpc) is 2.21. The monoisotopic (exact) mass is 276 g/mol. The molecular weight excluding hydrogens is 262 g/mol. The van der Waals surface area contributed by atoms with Crippen molar-refractivity contribution in [3.8, 4) is 0 Å². The summed E-state index contributed by atoms with van der Waals surface area (Å²) in [5, 5.41) is 36.8. The van der Waals surface area contributed by atoms with Crippen LogP contribution in [0.15, 0.2) is 0 Å². The molecule has 6 atom stereocenters. The van der Waals surface area contributed by atoms with E-state index in [1.165, 1.54) is 0 Å². The highest BCUT2D eigenvalue weighted by atomic mass is 31.2. The predicted molar refractivity (Wildman–Crippen MR) is 50.5 cm³/mol. The van der Waals surface area contributed by atoms with Gasteiger partial charge in [-0.05, 0) is 0 Å². The molecule has 0 aromatic heterocycles. The molecule has 0 aromatic carbocycles. The van der Waals surface area contributed by atoms with Crippen LogP contribution >= 0.6 is 7.60 Å². The van der Waals surface area contributed by atoms with Crippen molar-refractivity contribution in [2.24, 2.45) is 0 Å². The van der Waals surface area contributed by atoms with Crippen molar-refractivity contribution in [1.82, 2.24) is 0 Å². The van der Waals surface area contributed by atoms with Gasteiger partial charge >= 0.3 is 7.60 Å². The number of rotatable bonds is 3. The zero-order valence-corrected chi connectivity index (χ0v) is 9.39. The Kier molecular flexibility index (Phi) is 4.61. The van der Waals surface area contributed by atoms with Crippen LogP contribution < -0.4 is 0 Å². The van der Waals surface area contributed by atoms with E-state index in [0.717, 1.165) is 0 Å². The lowest BCUT2D eigenvalue weighted by molar-refractivity contribution is -0.283. The smallest absolute Gasteiger partial charge is 0.359 e. The van der Waals surface area contributed by atoms with Gasteiger partial charge in [-0.25, -0.2) is 4.39 Å². The Balaban J connectivity index is 2.69. The van der Waals surface area contributed by atoms with Gasteiger partial charge in [-0.1, -0.05) is 0 Å². The molecule has 1 unspecified atom stereocenters. The predicted octanol–water partition coefficient (Wildman–Crippen LogP) is -2.35. The molecule has 1 rings (SSSR count). The van der Waals surface area contributed by atoms with Crippen LogP contribution in [0.5, 0.6) is 0 Å². The second kappa shape index (κ2) is 5.25. The number of ether oxygens (including phenoxy) is 1. The molecule has 0 radical (unpaired) electrons. The van der Waals surface area contributed by atoms with Crippen LogP contribution in [-0.2, 0) is 9.30 Å². The third-order valence-electron chi connectivity index (χ3n) is 2.48. The molecule has 0 amide bonds. The first-order valence-corrected chi connectivity index (χ1v) is 6.39. The maximum Gasteiger partial charge on any atom is 0.359 e. The summed E-state index contributed by atoms with van der Waals surface area (Å²) in [6, 6.07) is 0. The van der Waals surface area contributed by atoms with Crippen molar-refractivity contribution in [1.29, 1.82) is 0 Å². The Hall–Kier alpha value is -0.120. The molecule has 0 spiro atoms. The van der Waals surface area contributed by atoms with Crippen molar-refractivity contribution in [3.05, 3.63) is 0 Å². The molecular formula is C7H14FO8P. The first kappa shape index (κ1) is 14.9. The zero-order chi connectivity index (χ0) is 13.4. The van der Waals surface area contributed by atoms with E-state index >= 15 is 0 Å². The Bertz CT molecular complexity index is 308. The first-order valence-electron chi connectivity index (χ1n) is 4.71. The quantitative estimate of drug-likeness (QED) is 0.314. The van der Waals surface area contributed by atoms with Gasteiger partial charge in [-0.2, -0.15) is 0 Å². The van der Waals surface area contributed by atoms with E-state index in [1.54, 1.807) is 0 Å². The van der Waals surface area contributed by atoms with Crippen LogP contribution in [0.1, 0.15) is 6.42 Å². The van der Waals surface area contributed by atoms with E-state index in [-0.39, 0.29) is 0 Å². The van der Waals surface area contributed by atoms with Crippen LogP contribution in [0.25, 0.3) is 0 Å². The minimum atomic E-state index is -4.99. The van der Waals surface area contributed by atoms with Crippen molar-refractivity contribution in [2.75, 3.05) is 0 Å². The summed E-state index contributed by atoms with van der Waals surface area (Å²) in [5.74, 6) is -2.59.